The first-order valence-electron chi connectivity index (χ1n) is 12.5. The fourth-order valence-corrected chi connectivity index (χ4v) is 5.58. The zero-order valence-electron chi connectivity index (χ0n) is 21.4. The van der Waals surface area contributed by atoms with Gasteiger partial charge in [0.25, 0.3) is 5.91 Å². The SMILES string of the molecule is C=CCn1c(-c2noc(CNC(=O)c3csc(COC)c3)n2)cc2c(N[C@@H]3CCN(C)C[C@@H]3F)cccc21. The zero-order valence-corrected chi connectivity index (χ0v) is 22.3. The van der Waals surface area contributed by atoms with Gasteiger partial charge in [0.05, 0.1) is 36.0 Å². The molecule has 0 spiro atoms. The number of alkyl halides is 1. The molecule has 0 radical (unpaired) electrons. The van der Waals surface area contributed by atoms with Crippen LogP contribution < -0.4 is 10.6 Å². The highest BCUT2D eigenvalue weighted by Crippen LogP contribution is 2.33. The van der Waals surface area contributed by atoms with Crippen LogP contribution in [0.3, 0.4) is 0 Å². The number of nitrogens with one attached hydrogen (secondary N) is 2. The van der Waals surface area contributed by atoms with Gasteiger partial charge in [0.15, 0.2) is 0 Å². The molecule has 200 valence electrons. The van der Waals surface area contributed by atoms with Crippen LogP contribution in [0.15, 0.2) is 52.9 Å². The molecule has 5 rings (SSSR count). The van der Waals surface area contributed by atoms with Crippen molar-refractivity contribution >= 4 is 33.8 Å². The highest BCUT2D eigenvalue weighted by Gasteiger charge is 2.28. The van der Waals surface area contributed by atoms with Gasteiger partial charge in [-0.2, -0.15) is 4.98 Å². The Morgan fingerprint density at radius 1 is 1.39 bits per heavy atom. The van der Waals surface area contributed by atoms with Gasteiger partial charge in [-0.15, -0.1) is 17.9 Å². The van der Waals surface area contributed by atoms with Gasteiger partial charge < -0.3 is 29.4 Å². The molecule has 4 aromatic rings. The number of allylic oxidation sites excluding steroid dienone is 1. The third-order valence-corrected chi connectivity index (χ3v) is 7.55. The second-order valence-corrected chi connectivity index (χ2v) is 10.4. The number of piperidine rings is 1. The zero-order chi connectivity index (χ0) is 26.6. The molecular formula is C27H31FN6O3S. The number of amides is 1. The Hall–Kier alpha value is -3.54. The van der Waals surface area contributed by atoms with Crippen LogP contribution in [0, 0.1) is 0 Å². The molecule has 9 nitrogen and oxygen atoms in total. The number of rotatable bonds is 10. The molecule has 1 amide bonds. The van der Waals surface area contributed by atoms with E-state index in [1.54, 1.807) is 24.6 Å². The van der Waals surface area contributed by atoms with E-state index in [1.807, 2.05) is 40.8 Å². The molecule has 38 heavy (non-hydrogen) atoms. The number of methoxy groups -OCH3 is 1. The molecule has 1 aliphatic heterocycles. The van der Waals surface area contributed by atoms with Gasteiger partial charge in [-0.1, -0.05) is 17.3 Å². The normalized spacial score (nSPS) is 18.1. The van der Waals surface area contributed by atoms with Crippen molar-refractivity contribution in [3.8, 4) is 11.5 Å². The first-order valence-corrected chi connectivity index (χ1v) is 13.3. The van der Waals surface area contributed by atoms with Gasteiger partial charge in [0, 0.05) is 48.1 Å². The number of fused-ring (bicyclic) bond motifs is 1. The summed E-state index contributed by atoms with van der Waals surface area (Å²) in [6, 6.07) is 9.47. The molecule has 4 heterocycles. The van der Waals surface area contributed by atoms with E-state index >= 15 is 0 Å². The molecule has 0 unspecified atom stereocenters. The van der Waals surface area contributed by atoms with Gasteiger partial charge in [-0.25, -0.2) is 4.39 Å². The average molecular weight is 539 g/mol. The predicted molar refractivity (Wildman–Crippen MR) is 146 cm³/mol. The number of likely N-dealkylation sites (tertiary alicyclic amines) is 1. The Morgan fingerprint density at radius 2 is 2.26 bits per heavy atom. The van der Waals surface area contributed by atoms with Crippen LogP contribution in [0.2, 0.25) is 0 Å². The summed E-state index contributed by atoms with van der Waals surface area (Å²) in [7, 11) is 3.56. The topological polar surface area (TPSA) is 97.5 Å². The van der Waals surface area contributed by atoms with Crippen molar-refractivity contribution in [1.29, 1.82) is 0 Å². The number of hydrogen-bond donors (Lipinski definition) is 2. The summed E-state index contributed by atoms with van der Waals surface area (Å²) in [5.41, 5.74) is 3.13. The second-order valence-electron chi connectivity index (χ2n) is 9.41. The first-order chi connectivity index (χ1) is 18.5. The Bertz CT molecular complexity index is 1430. The van der Waals surface area contributed by atoms with Crippen molar-refractivity contribution in [2.75, 3.05) is 32.6 Å². The van der Waals surface area contributed by atoms with Crippen LogP contribution in [-0.2, 0) is 24.4 Å². The first kappa shape index (κ1) is 26.1. The van der Waals surface area contributed by atoms with Crippen molar-refractivity contribution in [3.05, 3.63) is 64.7 Å². The molecule has 1 fully saturated rings. The monoisotopic (exact) mass is 538 g/mol. The van der Waals surface area contributed by atoms with E-state index in [9.17, 15) is 9.18 Å². The van der Waals surface area contributed by atoms with Crippen molar-refractivity contribution in [2.24, 2.45) is 0 Å². The van der Waals surface area contributed by atoms with Gasteiger partial charge in [-0.05, 0) is 37.7 Å². The molecule has 1 aromatic carbocycles. The van der Waals surface area contributed by atoms with E-state index in [0.29, 0.717) is 37.0 Å². The smallest absolute Gasteiger partial charge is 0.252 e. The Kier molecular flexibility index (Phi) is 7.87. The van der Waals surface area contributed by atoms with E-state index in [4.69, 9.17) is 9.26 Å². The number of anilines is 1. The maximum Gasteiger partial charge on any atom is 0.252 e. The van der Waals surface area contributed by atoms with Crippen molar-refractivity contribution in [1.82, 2.24) is 24.9 Å². The third-order valence-electron chi connectivity index (χ3n) is 6.64. The number of carbonyl (C=O) groups is 1. The average Bonchev–Trinajstić information content (AvgIpc) is 3.64. The van der Waals surface area contributed by atoms with Crippen molar-refractivity contribution in [3.63, 3.8) is 0 Å². The lowest BCUT2D eigenvalue weighted by atomic mass is 10.0. The molecule has 0 saturated carbocycles. The lowest BCUT2D eigenvalue weighted by molar-refractivity contribution is 0.0946. The molecule has 0 aliphatic carbocycles. The summed E-state index contributed by atoms with van der Waals surface area (Å²) in [5.74, 6) is 0.472. The lowest BCUT2D eigenvalue weighted by Gasteiger charge is -2.33. The van der Waals surface area contributed by atoms with E-state index in [0.717, 1.165) is 40.1 Å². The quantitative estimate of drug-likeness (QED) is 0.288. The largest absolute Gasteiger partial charge is 0.379 e. The van der Waals surface area contributed by atoms with E-state index < -0.39 is 6.17 Å². The minimum absolute atomic E-state index is 0.101. The number of carbonyl (C=O) groups excluding carboxylic acids is 1. The molecule has 0 bridgehead atoms. The Balaban J connectivity index is 1.36. The predicted octanol–water partition coefficient (Wildman–Crippen LogP) is 4.47. The van der Waals surface area contributed by atoms with Crippen LogP contribution in [0.4, 0.5) is 10.1 Å². The van der Waals surface area contributed by atoms with Crippen LogP contribution >= 0.6 is 11.3 Å². The number of benzene rings is 1. The minimum atomic E-state index is -0.950. The molecule has 11 heteroatoms. The molecule has 3 aromatic heterocycles. The second kappa shape index (κ2) is 11.5. The number of ether oxygens (including phenoxy) is 1. The van der Waals surface area contributed by atoms with E-state index in [-0.39, 0.29) is 18.5 Å². The minimum Gasteiger partial charge on any atom is -0.379 e. The lowest BCUT2D eigenvalue weighted by Crippen LogP contribution is -2.46. The molecular weight excluding hydrogens is 507 g/mol. The number of aromatic nitrogens is 3. The summed E-state index contributed by atoms with van der Waals surface area (Å²) >= 11 is 1.47. The number of hydrogen-bond acceptors (Lipinski definition) is 8. The van der Waals surface area contributed by atoms with Gasteiger partial charge in [0.2, 0.25) is 11.7 Å². The summed E-state index contributed by atoms with van der Waals surface area (Å²) in [5, 5.41) is 13.2. The summed E-state index contributed by atoms with van der Waals surface area (Å²) < 4.78 is 27.4. The van der Waals surface area contributed by atoms with Gasteiger partial charge in [0.1, 0.15) is 6.17 Å². The molecule has 1 saturated heterocycles. The molecule has 2 N–H and O–H groups in total. The van der Waals surface area contributed by atoms with Crippen molar-refractivity contribution in [2.45, 2.75) is 38.3 Å². The third kappa shape index (κ3) is 5.50. The maximum atomic E-state index is 14.7. The summed E-state index contributed by atoms with van der Waals surface area (Å²) in [6.07, 6.45) is 1.58. The fraction of sp³-hybridized carbons (Fsp3) is 0.370. The number of halogens is 1. The Labute approximate surface area is 224 Å². The van der Waals surface area contributed by atoms with Crippen LogP contribution in [-0.4, -0.2) is 65.0 Å². The van der Waals surface area contributed by atoms with Gasteiger partial charge in [-0.3, -0.25) is 4.79 Å². The standard InChI is InChI=1S/C27H31FN6O3S/c1-4-9-34-23-7-5-6-21(30-22-8-10-33(2)14-20(22)28)19(23)12-24(34)26-31-25(37-32-26)13-29-27(35)17-11-18(15-36-3)38-16-17/h4-7,11-12,16,20,22,30H,1,8-10,13-15H2,2-3H3,(H,29,35)/t20-,22+/m0/s1. The molecule has 2 atom stereocenters. The highest BCUT2D eigenvalue weighted by atomic mass is 32.1. The maximum absolute atomic E-state index is 14.7. The number of nitrogens with zero attached hydrogens (tertiary/aromatic N) is 4. The van der Waals surface area contributed by atoms with Crippen LogP contribution in [0.1, 0.15) is 27.5 Å². The summed E-state index contributed by atoms with van der Waals surface area (Å²) in [6.45, 7) is 6.26. The fourth-order valence-electron chi connectivity index (χ4n) is 4.75. The molecule has 1 aliphatic rings. The van der Waals surface area contributed by atoms with Crippen molar-refractivity contribution < 1.29 is 18.4 Å². The van der Waals surface area contributed by atoms with Crippen LogP contribution in [0.25, 0.3) is 22.4 Å². The van der Waals surface area contributed by atoms with Crippen LogP contribution in [0.5, 0.6) is 0 Å². The highest BCUT2D eigenvalue weighted by molar-refractivity contribution is 7.10. The Morgan fingerprint density at radius 3 is 3.05 bits per heavy atom. The number of thiophene rings is 1. The van der Waals surface area contributed by atoms with E-state index in [1.165, 1.54) is 11.3 Å². The van der Waals surface area contributed by atoms with E-state index in [2.05, 4.69) is 27.4 Å². The van der Waals surface area contributed by atoms with Gasteiger partial charge >= 0.3 is 0 Å². The summed E-state index contributed by atoms with van der Waals surface area (Å²) in [4.78, 5) is 20.0.